The van der Waals surface area contributed by atoms with Crippen LogP contribution in [0, 0.1) is 0 Å². The summed E-state index contributed by atoms with van der Waals surface area (Å²) >= 11 is 10.1. The number of ketones is 1. The number of para-hydroxylation sites is 2. The summed E-state index contributed by atoms with van der Waals surface area (Å²) in [6.07, 6.45) is 1.11. The van der Waals surface area contributed by atoms with Crippen molar-refractivity contribution in [2.75, 3.05) is 17.7 Å². The van der Waals surface area contributed by atoms with Crippen molar-refractivity contribution in [3.05, 3.63) is 98.6 Å². The van der Waals surface area contributed by atoms with Crippen molar-refractivity contribution in [2.24, 2.45) is 0 Å². The van der Waals surface area contributed by atoms with E-state index in [0.29, 0.717) is 17.9 Å². The Morgan fingerprint density at radius 3 is 2.50 bits per heavy atom. The first-order valence-corrected chi connectivity index (χ1v) is 11.7. The fraction of sp³-hybridized carbons (Fsp3) is 0.192. The van der Waals surface area contributed by atoms with Gasteiger partial charge in [-0.2, -0.15) is 0 Å². The van der Waals surface area contributed by atoms with Gasteiger partial charge in [0.2, 0.25) is 0 Å². The van der Waals surface area contributed by atoms with Gasteiger partial charge in [0.05, 0.1) is 24.5 Å². The molecule has 2 unspecified atom stereocenters. The smallest absolute Gasteiger partial charge is 0.163 e. The number of anilines is 2. The second-order valence-electron chi connectivity index (χ2n) is 8.08. The van der Waals surface area contributed by atoms with Crippen molar-refractivity contribution in [1.29, 1.82) is 0 Å². The molecule has 1 aliphatic carbocycles. The lowest BCUT2D eigenvalue weighted by molar-refractivity contribution is -0.116. The number of rotatable bonds is 3. The summed E-state index contributed by atoms with van der Waals surface area (Å²) in [6, 6.07) is 21.4. The van der Waals surface area contributed by atoms with Gasteiger partial charge in [0.1, 0.15) is 5.75 Å². The van der Waals surface area contributed by atoms with E-state index in [1.165, 1.54) is 0 Å². The van der Waals surface area contributed by atoms with Gasteiger partial charge in [0, 0.05) is 32.7 Å². The van der Waals surface area contributed by atoms with E-state index < -0.39 is 0 Å². The van der Waals surface area contributed by atoms with Crippen molar-refractivity contribution in [1.82, 2.24) is 0 Å². The number of benzene rings is 3. The summed E-state index contributed by atoms with van der Waals surface area (Å²) in [5.74, 6) is 0.867. The number of fused-ring (bicyclic) bond motifs is 1. The topological polar surface area (TPSA) is 50.4 Å². The summed E-state index contributed by atoms with van der Waals surface area (Å²) in [7, 11) is 1.65. The Bertz CT molecular complexity index is 1240. The molecular weight excluding hydrogens is 488 g/mol. The Balaban J connectivity index is 1.66. The minimum absolute atomic E-state index is 0.0257. The van der Waals surface area contributed by atoms with Crippen LogP contribution in [0.2, 0.25) is 5.02 Å². The maximum absolute atomic E-state index is 13.7. The number of carbonyl (C=O) groups is 1. The number of carbonyl (C=O) groups excluding carboxylic acids is 1. The van der Waals surface area contributed by atoms with E-state index >= 15 is 0 Å². The molecule has 0 saturated carbocycles. The molecule has 1 heterocycles. The number of halogens is 2. The van der Waals surface area contributed by atoms with Gasteiger partial charge in [-0.25, -0.2) is 0 Å². The van der Waals surface area contributed by atoms with Crippen LogP contribution in [-0.4, -0.2) is 12.9 Å². The van der Waals surface area contributed by atoms with Gasteiger partial charge in [0.15, 0.2) is 5.78 Å². The van der Waals surface area contributed by atoms with E-state index in [1.54, 1.807) is 7.11 Å². The van der Waals surface area contributed by atoms with E-state index in [2.05, 4.69) is 26.6 Å². The monoisotopic (exact) mass is 508 g/mol. The SMILES string of the molecule is COc1ccc(Br)cc1C1Nc2ccccc2NC2=C1C(=O)CC(c1ccccc1Cl)C2. The van der Waals surface area contributed by atoms with Gasteiger partial charge in [0.25, 0.3) is 0 Å². The Kier molecular flexibility index (Phi) is 5.70. The quantitative estimate of drug-likeness (QED) is 0.396. The second kappa shape index (κ2) is 8.64. The average molecular weight is 510 g/mol. The number of Topliss-reactive ketones (excluding diaryl/α,β-unsaturated/α-hetero) is 1. The van der Waals surface area contributed by atoms with E-state index in [9.17, 15) is 4.79 Å². The van der Waals surface area contributed by atoms with E-state index in [4.69, 9.17) is 16.3 Å². The molecule has 6 heteroatoms. The zero-order chi connectivity index (χ0) is 22.2. The minimum atomic E-state index is -0.340. The molecule has 2 N–H and O–H groups in total. The first-order valence-electron chi connectivity index (χ1n) is 10.5. The Hall–Kier alpha value is -2.76. The molecule has 3 aromatic rings. The van der Waals surface area contributed by atoms with Crippen LogP contribution < -0.4 is 15.4 Å². The predicted molar refractivity (Wildman–Crippen MR) is 133 cm³/mol. The molecule has 0 radical (unpaired) electrons. The van der Waals surface area contributed by atoms with Gasteiger partial charge in [-0.05, 0) is 54.3 Å². The number of methoxy groups -OCH3 is 1. The van der Waals surface area contributed by atoms with E-state index in [0.717, 1.165) is 44.0 Å². The molecule has 162 valence electrons. The van der Waals surface area contributed by atoms with Crippen molar-refractivity contribution >= 4 is 44.7 Å². The maximum atomic E-state index is 13.7. The molecule has 0 saturated heterocycles. The first-order chi connectivity index (χ1) is 15.5. The fourth-order valence-corrected chi connectivity index (χ4v) is 5.35. The normalized spacial score (nSPS) is 19.9. The molecule has 32 heavy (non-hydrogen) atoms. The molecule has 3 aromatic carbocycles. The van der Waals surface area contributed by atoms with Gasteiger partial charge >= 0.3 is 0 Å². The minimum Gasteiger partial charge on any atom is -0.496 e. The van der Waals surface area contributed by atoms with E-state index in [1.807, 2.05) is 66.7 Å². The average Bonchev–Trinajstić information content (AvgIpc) is 2.96. The highest BCUT2D eigenvalue weighted by atomic mass is 79.9. The number of hydrogen-bond acceptors (Lipinski definition) is 4. The van der Waals surface area contributed by atoms with Crippen molar-refractivity contribution in [3.8, 4) is 5.75 Å². The molecule has 0 bridgehead atoms. The first kappa shape index (κ1) is 21.1. The molecular formula is C26H22BrClN2O2. The number of allylic oxidation sites excluding steroid dienone is 1. The highest BCUT2D eigenvalue weighted by molar-refractivity contribution is 9.10. The van der Waals surface area contributed by atoms with E-state index in [-0.39, 0.29) is 17.7 Å². The number of ether oxygens (including phenoxy) is 1. The molecule has 0 amide bonds. The van der Waals surface area contributed by atoms with Crippen LogP contribution in [0.3, 0.4) is 0 Å². The summed E-state index contributed by atoms with van der Waals surface area (Å²) in [6.45, 7) is 0. The summed E-state index contributed by atoms with van der Waals surface area (Å²) in [5, 5.41) is 7.87. The third-order valence-electron chi connectivity index (χ3n) is 6.16. The zero-order valence-electron chi connectivity index (χ0n) is 17.5. The van der Waals surface area contributed by atoms with Gasteiger partial charge in [-0.1, -0.05) is 57.9 Å². The molecule has 0 fully saturated rings. The molecule has 0 aromatic heterocycles. The van der Waals surface area contributed by atoms with Crippen LogP contribution in [0.15, 0.2) is 82.5 Å². The van der Waals surface area contributed by atoms with Gasteiger partial charge < -0.3 is 15.4 Å². The molecule has 2 aliphatic rings. The molecule has 1 aliphatic heterocycles. The Labute approximate surface area is 200 Å². The van der Waals surface area contributed by atoms with Crippen molar-refractivity contribution in [3.63, 3.8) is 0 Å². The highest BCUT2D eigenvalue weighted by Crippen LogP contribution is 2.46. The van der Waals surface area contributed by atoms with Gasteiger partial charge in [-0.3, -0.25) is 4.79 Å². The van der Waals surface area contributed by atoms with Crippen LogP contribution >= 0.6 is 27.5 Å². The third-order valence-corrected chi connectivity index (χ3v) is 6.99. The summed E-state index contributed by atoms with van der Waals surface area (Å²) < 4.78 is 6.60. The maximum Gasteiger partial charge on any atom is 0.163 e. The lowest BCUT2D eigenvalue weighted by atomic mass is 9.78. The standard InChI is InChI=1S/C26H22BrClN2O2/c1-32-24-11-10-16(27)14-18(24)26-25-22(29-20-8-4-5-9-21(20)30-26)12-15(13-23(25)31)17-6-2-3-7-19(17)28/h2-11,14-15,26,29-30H,12-13H2,1H3. The molecule has 5 rings (SSSR count). The summed E-state index contributed by atoms with van der Waals surface area (Å²) in [4.78, 5) is 13.7. The second-order valence-corrected chi connectivity index (χ2v) is 9.40. The van der Waals surface area contributed by atoms with Crippen molar-refractivity contribution < 1.29 is 9.53 Å². The van der Waals surface area contributed by atoms with Crippen molar-refractivity contribution in [2.45, 2.75) is 24.8 Å². The van der Waals surface area contributed by atoms with Crippen LogP contribution in [0.25, 0.3) is 0 Å². The van der Waals surface area contributed by atoms with Crippen LogP contribution in [0.5, 0.6) is 5.75 Å². The van der Waals surface area contributed by atoms with Gasteiger partial charge in [-0.15, -0.1) is 0 Å². The lowest BCUT2D eigenvalue weighted by Gasteiger charge is -2.30. The largest absolute Gasteiger partial charge is 0.496 e. The highest BCUT2D eigenvalue weighted by Gasteiger charge is 2.37. The van der Waals surface area contributed by atoms with Crippen LogP contribution in [-0.2, 0) is 4.79 Å². The molecule has 0 spiro atoms. The third kappa shape index (κ3) is 3.80. The Morgan fingerprint density at radius 1 is 0.969 bits per heavy atom. The fourth-order valence-electron chi connectivity index (χ4n) is 4.68. The van der Waals surface area contributed by atoms with Crippen LogP contribution in [0.1, 0.15) is 35.9 Å². The molecule has 2 atom stereocenters. The number of hydrogen-bond donors (Lipinski definition) is 2. The lowest BCUT2D eigenvalue weighted by Crippen LogP contribution is -2.27. The Morgan fingerprint density at radius 2 is 1.72 bits per heavy atom. The summed E-state index contributed by atoms with van der Waals surface area (Å²) in [5.41, 5.74) is 5.49. The van der Waals surface area contributed by atoms with Crippen LogP contribution in [0.4, 0.5) is 11.4 Å². The number of nitrogens with one attached hydrogen (secondary N) is 2. The predicted octanol–water partition coefficient (Wildman–Crippen LogP) is 7.09. The zero-order valence-corrected chi connectivity index (χ0v) is 19.8. The molecule has 4 nitrogen and oxygen atoms in total.